The number of ether oxygens (including phenoxy) is 2. The summed E-state index contributed by atoms with van der Waals surface area (Å²) in [6, 6.07) is 5.92. The molecular weight excluding hydrogens is 405 g/mol. The standard InChI is InChI=1S/C17H27N3O2.HI/c1-13-8-10-20(11-9-13)17(18-2)19-12-14-6-5-7-15(21-3)16(14)22-4;/h5-7,13H,8-12H2,1-4H3,(H,18,19);1H. The highest BCUT2D eigenvalue weighted by Gasteiger charge is 2.19. The summed E-state index contributed by atoms with van der Waals surface area (Å²) in [5.41, 5.74) is 1.06. The van der Waals surface area contributed by atoms with Gasteiger partial charge < -0.3 is 19.7 Å². The molecule has 0 atom stereocenters. The van der Waals surface area contributed by atoms with Gasteiger partial charge in [0.25, 0.3) is 0 Å². The van der Waals surface area contributed by atoms with Gasteiger partial charge >= 0.3 is 0 Å². The number of aliphatic imine (C=N–C) groups is 1. The maximum absolute atomic E-state index is 5.47. The van der Waals surface area contributed by atoms with Gasteiger partial charge in [-0.05, 0) is 24.8 Å². The van der Waals surface area contributed by atoms with E-state index in [1.54, 1.807) is 14.2 Å². The van der Waals surface area contributed by atoms with E-state index in [9.17, 15) is 0 Å². The number of hydrogen-bond acceptors (Lipinski definition) is 3. The van der Waals surface area contributed by atoms with E-state index >= 15 is 0 Å². The number of nitrogens with zero attached hydrogens (tertiary/aromatic N) is 2. The second-order valence-corrected chi connectivity index (χ2v) is 5.72. The van der Waals surface area contributed by atoms with Crippen LogP contribution in [0.1, 0.15) is 25.3 Å². The van der Waals surface area contributed by atoms with E-state index in [0.717, 1.165) is 42.0 Å². The van der Waals surface area contributed by atoms with E-state index < -0.39 is 0 Å². The van der Waals surface area contributed by atoms with E-state index in [2.05, 4.69) is 22.1 Å². The van der Waals surface area contributed by atoms with Gasteiger partial charge in [-0.3, -0.25) is 4.99 Å². The van der Waals surface area contributed by atoms with Gasteiger partial charge in [-0.2, -0.15) is 0 Å². The van der Waals surface area contributed by atoms with Crippen LogP contribution >= 0.6 is 24.0 Å². The number of guanidine groups is 1. The fourth-order valence-corrected chi connectivity index (χ4v) is 2.82. The van der Waals surface area contributed by atoms with Crippen molar-refractivity contribution < 1.29 is 9.47 Å². The van der Waals surface area contributed by atoms with E-state index in [4.69, 9.17) is 9.47 Å². The van der Waals surface area contributed by atoms with Crippen molar-refractivity contribution >= 4 is 29.9 Å². The molecule has 5 nitrogen and oxygen atoms in total. The molecule has 1 aromatic rings. The van der Waals surface area contributed by atoms with Crippen LogP contribution in [0.3, 0.4) is 0 Å². The minimum absolute atomic E-state index is 0. The third kappa shape index (κ3) is 5.16. The molecule has 0 amide bonds. The third-order valence-electron chi connectivity index (χ3n) is 4.22. The van der Waals surface area contributed by atoms with Gasteiger partial charge in [-0.1, -0.05) is 19.1 Å². The van der Waals surface area contributed by atoms with Crippen molar-refractivity contribution in [2.75, 3.05) is 34.4 Å². The number of para-hydroxylation sites is 1. The smallest absolute Gasteiger partial charge is 0.193 e. The van der Waals surface area contributed by atoms with Crippen molar-refractivity contribution in [1.29, 1.82) is 0 Å². The molecular formula is C17H28IN3O2. The maximum atomic E-state index is 5.47. The zero-order chi connectivity index (χ0) is 15.9. The van der Waals surface area contributed by atoms with Crippen LogP contribution in [-0.2, 0) is 6.54 Å². The van der Waals surface area contributed by atoms with E-state index in [1.807, 2.05) is 25.2 Å². The van der Waals surface area contributed by atoms with Crippen LogP contribution in [-0.4, -0.2) is 45.2 Å². The molecule has 1 fully saturated rings. The fourth-order valence-electron chi connectivity index (χ4n) is 2.82. The Morgan fingerprint density at radius 3 is 2.52 bits per heavy atom. The van der Waals surface area contributed by atoms with Gasteiger partial charge in [0.15, 0.2) is 17.5 Å². The van der Waals surface area contributed by atoms with Crippen molar-refractivity contribution in [2.24, 2.45) is 10.9 Å². The third-order valence-corrected chi connectivity index (χ3v) is 4.22. The Bertz CT molecular complexity index is 515. The molecule has 2 rings (SSSR count). The maximum Gasteiger partial charge on any atom is 0.193 e. The number of nitrogens with one attached hydrogen (secondary N) is 1. The largest absolute Gasteiger partial charge is 0.493 e. The average Bonchev–Trinajstić information content (AvgIpc) is 2.56. The molecule has 1 aliphatic rings. The van der Waals surface area contributed by atoms with E-state index in [-0.39, 0.29) is 24.0 Å². The molecule has 0 aromatic heterocycles. The normalized spacial score (nSPS) is 15.8. The molecule has 23 heavy (non-hydrogen) atoms. The lowest BCUT2D eigenvalue weighted by Gasteiger charge is -2.33. The molecule has 1 N–H and O–H groups in total. The highest BCUT2D eigenvalue weighted by Crippen LogP contribution is 2.30. The summed E-state index contributed by atoms with van der Waals surface area (Å²) < 4.78 is 10.8. The fraction of sp³-hybridized carbons (Fsp3) is 0.588. The first kappa shape index (κ1) is 19.9. The number of hydrogen-bond donors (Lipinski definition) is 1. The number of benzene rings is 1. The van der Waals surface area contributed by atoms with Gasteiger partial charge in [-0.25, -0.2) is 0 Å². The first-order valence-corrected chi connectivity index (χ1v) is 7.85. The summed E-state index contributed by atoms with van der Waals surface area (Å²) in [4.78, 5) is 6.74. The molecule has 6 heteroatoms. The predicted octanol–water partition coefficient (Wildman–Crippen LogP) is 3.13. The summed E-state index contributed by atoms with van der Waals surface area (Å²) in [6.45, 7) is 5.11. The minimum atomic E-state index is 0. The average molecular weight is 433 g/mol. The molecule has 1 aromatic carbocycles. The summed E-state index contributed by atoms with van der Waals surface area (Å²) in [5, 5.41) is 3.44. The lowest BCUT2D eigenvalue weighted by molar-refractivity contribution is 0.273. The molecule has 0 bridgehead atoms. The summed E-state index contributed by atoms with van der Waals surface area (Å²) in [5.74, 6) is 3.30. The van der Waals surface area contributed by atoms with Gasteiger partial charge in [0.1, 0.15) is 0 Å². The van der Waals surface area contributed by atoms with Crippen LogP contribution in [0.25, 0.3) is 0 Å². The van der Waals surface area contributed by atoms with Crippen molar-refractivity contribution in [1.82, 2.24) is 10.2 Å². The Hall–Kier alpha value is -1.18. The molecule has 1 saturated heterocycles. The van der Waals surface area contributed by atoms with Gasteiger partial charge in [-0.15, -0.1) is 24.0 Å². The van der Waals surface area contributed by atoms with Crippen LogP contribution in [0.15, 0.2) is 23.2 Å². The highest BCUT2D eigenvalue weighted by atomic mass is 127. The van der Waals surface area contributed by atoms with Crippen LogP contribution in [0.5, 0.6) is 11.5 Å². The zero-order valence-corrected chi connectivity index (χ0v) is 16.8. The van der Waals surface area contributed by atoms with Crippen LogP contribution in [0, 0.1) is 5.92 Å². The Morgan fingerprint density at radius 2 is 1.96 bits per heavy atom. The number of piperidine rings is 1. The number of methoxy groups -OCH3 is 2. The van der Waals surface area contributed by atoms with Gasteiger partial charge in [0.05, 0.1) is 14.2 Å². The monoisotopic (exact) mass is 433 g/mol. The summed E-state index contributed by atoms with van der Waals surface area (Å²) in [7, 11) is 5.16. The quantitative estimate of drug-likeness (QED) is 0.451. The topological polar surface area (TPSA) is 46.1 Å². The summed E-state index contributed by atoms with van der Waals surface area (Å²) in [6.07, 6.45) is 2.45. The van der Waals surface area contributed by atoms with Crippen LogP contribution in [0.4, 0.5) is 0 Å². The summed E-state index contributed by atoms with van der Waals surface area (Å²) >= 11 is 0. The molecule has 0 radical (unpaired) electrons. The SMILES string of the molecule is CN=C(NCc1cccc(OC)c1OC)N1CCC(C)CC1.I. The zero-order valence-electron chi connectivity index (χ0n) is 14.5. The molecule has 0 spiro atoms. The first-order chi connectivity index (χ1) is 10.7. The van der Waals surface area contributed by atoms with Gasteiger partial charge in [0, 0.05) is 32.2 Å². The van der Waals surface area contributed by atoms with Crippen molar-refractivity contribution in [3.63, 3.8) is 0 Å². The van der Waals surface area contributed by atoms with Crippen molar-refractivity contribution in [3.05, 3.63) is 23.8 Å². The predicted molar refractivity (Wildman–Crippen MR) is 105 cm³/mol. The number of rotatable bonds is 4. The highest BCUT2D eigenvalue weighted by molar-refractivity contribution is 14.0. The lowest BCUT2D eigenvalue weighted by Crippen LogP contribution is -2.45. The van der Waals surface area contributed by atoms with E-state index in [1.165, 1.54) is 12.8 Å². The Balaban J connectivity index is 0.00000264. The number of halogens is 1. The second-order valence-electron chi connectivity index (χ2n) is 5.72. The molecule has 130 valence electrons. The van der Waals surface area contributed by atoms with Gasteiger partial charge in [0.2, 0.25) is 0 Å². The second kappa shape index (κ2) is 9.85. The lowest BCUT2D eigenvalue weighted by atomic mass is 9.99. The molecule has 0 unspecified atom stereocenters. The van der Waals surface area contributed by atoms with Crippen molar-refractivity contribution in [2.45, 2.75) is 26.3 Å². The Morgan fingerprint density at radius 1 is 1.26 bits per heavy atom. The van der Waals surface area contributed by atoms with Crippen molar-refractivity contribution in [3.8, 4) is 11.5 Å². The van der Waals surface area contributed by atoms with Crippen LogP contribution in [0.2, 0.25) is 0 Å². The molecule has 0 saturated carbocycles. The number of likely N-dealkylation sites (tertiary alicyclic amines) is 1. The van der Waals surface area contributed by atoms with E-state index in [0.29, 0.717) is 6.54 Å². The molecule has 0 aliphatic carbocycles. The van der Waals surface area contributed by atoms with Crippen LogP contribution < -0.4 is 14.8 Å². The minimum Gasteiger partial charge on any atom is -0.493 e. The first-order valence-electron chi connectivity index (χ1n) is 7.85. The molecule has 1 heterocycles. The molecule has 1 aliphatic heterocycles. The Kier molecular flexibility index (Phi) is 8.51. The Labute approximate surface area is 156 Å².